The number of rotatable bonds is 12. The number of nitrogens with one attached hydrogen (secondary N) is 1. The Morgan fingerprint density at radius 1 is 0.955 bits per heavy atom. The number of benzene rings is 3. The van der Waals surface area contributed by atoms with Crippen molar-refractivity contribution in [2.24, 2.45) is 13.0 Å². The lowest BCUT2D eigenvalue weighted by molar-refractivity contribution is -0.268. The molecule has 0 bridgehead atoms. The standard InChI is InChI=1S/C34H37N3O6S/c1-22-29(21-44-34-35-16-17-37(34)2)42-33(43-32(22)26-8-6-23(20-38)7-9-26)27-12-10-25(11-13-27)28-5-3-4-24(18-28)19-36-30(39)14-15-31(40)41/h3-13,16-18,22,29,32-33,38H,14-15,19-21H2,1-2H3,(H,36,39)(H,40,41)/t22-,29+,32+,33+/m0/s1. The quantitative estimate of drug-likeness (QED) is 0.175. The fourth-order valence-corrected chi connectivity index (χ4v) is 6.26. The Morgan fingerprint density at radius 3 is 2.39 bits per heavy atom. The van der Waals surface area contributed by atoms with Crippen LogP contribution in [0.3, 0.4) is 0 Å². The summed E-state index contributed by atoms with van der Waals surface area (Å²) < 4.78 is 15.2. The number of thioether (sulfide) groups is 1. The van der Waals surface area contributed by atoms with Crippen LogP contribution in [-0.4, -0.2) is 43.5 Å². The van der Waals surface area contributed by atoms with Crippen LogP contribution in [0.5, 0.6) is 0 Å². The minimum absolute atomic E-state index is 0.00723. The maximum Gasteiger partial charge on any atom is 0.303 e. The molecule has 4 aromatic rings. The highest BCUT2D eigenvalue weighted by Crippen LogP contribution is 2.43. The summed E-state index contributed by atoms with van der Waals surface area (Å²) in [6.07, 6.45) is 2.63. The van der Waals surface area contributed by atoms with Gasteiger partial charge in [0, 0.05) is 49.6 Å². The Kier molecular flexibility index (Phi) is 10.5. The molecule has 10 heteroatoms. The monoisotopic (exact) mass is 615 g/mol. The van der Waals surface area contributed by atoms with Crippen LogP contribution in [0.15, 0.2) is 90.3 Å². The number of hydrogen-bond acceptors (Lipinski definition) is 7. The fourth-order valence-electron chi connectivity index (χ4n) is 5.16. The minimum Gasteiger partial charge on any atom is -0.481 e. The van der Waals surface area contributed by atoms with E-state index in [0.29, 0.717) is 6.54 Å². The molecule has 4 atom stereocenters. The highest BCUT2D eigenvalue weighted by Gasteiger charge is 2.38. The first kappa shape index (κ1) is 31.5. The van der Waals surface area contributed by atoms with Crippen molar-refractivity contribution in [3.63, 3.8) is 0 Å². The molecule has 0 radical (unpaired) electrons. The molecule has 1 aliphatic heterocycles. The number of aliphatic hydroxyl groups is 1. The van der Waals surface area contributed by atoms with Gasteiger partial charge in [0.2, 0.25) is 5.91 Å². The summed E-state index contributed by atoms with van der Waals surface area (Å²) in [5.74, 6) is -0.488. The first-order valence-electron chi connectivity index (χ1n) is 14.6. The van der Waals surface area contributed by atoms with Crippen LogP contribution in [0.1, 0.15) is 54.4 Å². The van der Waals surface area contributed by atoms with Crippen LogP contribution in [-0.2, 0) is 39.3 Å². The number of ether oxygens (including phenoxy) is 2. The van der Waals surface area contributed by atoms with E-state index in [9.17, 15) is 14.7 Å². The average molecular weight is 616 g/mol. The molecular weight excluding hydrogens is 578 g/mol. The van der Waals surface area contributed by atoms with E-state index >= 15 is 0 Å². The number of aliphatic hydroxyl groups excluding tert-OH is 1. The summed E-state index contributed by atoms with van der Waals surface area (Å²) in [5, 5.41) is 22.0. The lowest BCUT2D eigenvalue weighted by Gasteiger charge is -2.41. The van der Waals surface area contributed by atoms with Crippen LogP contribution in [0.4, 0.5) is 0 Å². The fraction of sp³-hybridized carbons (Fsp3) is 0.324. The number of carboxylic acid groups (broad SMARTS) is 1. The molecule has 0 spiro atoms. The van der Waals surface area contributed by atoms with Gasteiger partial charge in [0.25, 0.3) is 0 Å². The summed E-state index contributed by atoms with van der Waals surface area (Å²) in [6, 6.07) is 23.9. The van der Waals surface area contributed by atoms with E-state index in [2.05, 4.69) is 17.2 Å². The molecule has 1 amide bonds. The summed E-state index contributed by atoms with van der Waals surface area (Å²) in [4.78, 5) is 27.1. The summed E-state index contributed by atoms with van der Waals surface area (Å²) in [6.45, 7) is 2.46. The van der Waals surface area contributed by atoms with Crippen molar-refractivity contribution in [2.45, 2.75) is 56.6 Å². The van der Waals surface area contributed by atoms with E-state index in [1.807, 2.05) is 90.6 Å². The Bertz CT molecular complexity index is 1560. The number of aryl methyl sites for hydroxylation is 1. The van der Waals surface area contributed by atoms with Gasteiger partial charge in [-0.05, 0) is 33.9 Å². The van der Waals surface area contributed by atoms with E-state index in [-0.39, 0.29) is 43.5 Å². The maximum absolute atomic E-state index is 12.0. The van der Waals surface area contributed by atoms with Gasteiger partial charge in [-0.25, -0.2) is 4.98 Å². The van der Waals surface area contributed by atoms with Crippen LogP contribution in [0.2, 0.25) is 0 Å². The molecule has 0 saturated carbocycles. The predicted octanol–water partition coefficient (Wildman–Crippen LogP) is 5.64. The zero-order valence-electron chi connectivity index (χ0n) is 24.8. The molecule has 5 rings (SSSR count). The maximum atomic E-state index is 12.0. The van der Waals surface area contributed by atoms with Crippen molar-refractivity contribution in [3.05, 3.63) is 107 Å². The van der Waals surface area contributed by atoms with Gasteiger partial charge in [-0.3, -0.25) is 9.59 Å². The van der Waals surface area contributed by atoms with Gasteiger partial charge >= 0.3 is 5.97 Å². The van der Waals surface area contributed by atoms with E-state index < -0.39 is 12.3 Å². The normalized spacial score (nSPS) is 19.9. The van der Waals surface area contributed by atoms with Gasteiger partial charge in [0.05, 0.1) is 25.2 Å². The van der Waals surface area contributed by atoms with Gasteiger partial charge < -0.3 is 29.6 Å². The number of hydrogen-bond donors (Lipinski definition) is 3. The van der Waals surface area contributed by atoms with Crippen LogP contribution in [0, 0.1) is 5.92 Å². The highest BCUT2D eigenvalue weighted by molar-refractivity contribution is 7.99. The molecule has 0 aliphatic carbocycles. The molecule has 1 aliphatic rings. The zero-order chi connectivity index (χ0) is 31.1. The Labute approximate surface area is 261 Å². The predicted molar refractivity (Wildman–Crippen MR) is 167 cm³/mol. The molecule has 1 fully saturated rings. The smallest absolute Gasteiger partial charge is 0.303 e. The highest BCUT2D eigenvalue weighted by atomic mass is 32.2. The number of carbonyl (C=O) groups is 2. The number of aromatic nitrogens is 2. The van der Waals surface area contributed by atoms with Gasteiger partial charge in [-0.2, -0.15) is 0 Å². The lowest BCUT2D eigenvalue weighted by Crippen LogP contribution is -2.38. The number of aliphatic carboxylic acids is 1. The number of nitrogens with zero attached hydrogens (tertiary/aromatic N) is 2. The molecule has 3 aromatic carbocycles. The van der Waals surface area contributed by atoms with E-state index in [1.54, 1.807) is 18.0 Å². The SMILES string of the molecule is C[C@H]1[C@@H](CSc2nccn2C)O[C@@H](c2ccc(-c3cccc(CNC(=O)CCC(=O)O)c3)cc2)O[C@H]1c1ccc(CO)cc1. The van der Waals surface area contributed by atoms with E-state index in [4.69, 9.17) is 14.6 Å². The first-order chi connectivity index (χ1) is 21.3. The van der Waals surface area contributed by atoms with Crippen molar-refractivity contribution in [1.29, 1.82) is 0 Å². The van der Waals surface area contributed by atoms with Crippen LogP contribution in [0.25, 0.3) is 11.1 Å². The van der Waals surface area contributed by atoms with Gasteiger partial charge in [-0.1, -0.05) is 85.4 Å². The number of imidazole rings is 1. The Hall–Kier alpha value is -3.96. The molecule has 0 unspecified atom stereocenters. The zero-order valence-corrected chi connectivity index (χ0v) is 25.6. The molecule has 1 aromatic heterocycles. The summed E-state index contributed by atoms with van der Waals surface area (Å²) in [7, 11) is 1.98. The van der Waals surface area contributed by atoms with Gasteiger partial charge in [0.1, 0.15) is 0 Å². The Morgan fingerprint density at radius 2 is 1.70 bits per heavy atom. The largest absolute Gasteiger partial charge is 0.481 e. The average Bonchev–Trinajstić information content (AvgIpc) is 3.46. The number of amides is 1. The van der Waals surface area contributed by atoms with Gasteiger partial charge in [0.15, 0.2) is 11.4 Å². The van der Waals surface area contributed by atoms with Crippen molar-refractivity contribution in [2.75, 3.05) is 5.75 Å². The topological polar surface area (TPSA) is 123 Å². The molecule has 230 valence electrons. The summed E-state index contributed by atoms with van der Waals surface area (Å²) >= 11 is 1.66. The van der Waals surface area contributed by atoms with Crippen molar-refractivity contribution >= 4 is 23.6 Å². The van der Waals surface area contributed by atoms with Crippen LogP contribution >= 0.6 is 11.8 Å². The lowest BCUT2D eigenvalue weighted by atomic mass is 9.91. The van der Waals surface area contributed by atoms with Crippen LogP contribution < -0.4 is 5.32 Å². The molecule has 44 heavy (non-hydrogen) atoms. The van der Waals surface area contributed by atoms with E-state index in [1.165, 1.54) is 0 Å². The van der Waals surface area contributed by atoms with Crippen molar-refractivity contribution in [1.82, 2.24) is 14.9 Å². The second-order valence-electron chi connectivity index (χ2n) is 10.9. The van der Waals surface area contributed by atoms with Crippen molar-refractivity contribution < 1.29 is 29.3 Å². The second-order valence-corrected chi connectivity index (χ2v) is 11.9. The molecule has 9 nitrogen and oxygen atoms in total. The molecule has 3 N–H and O–H groups in total. The third-order valence-corrected chi connectivity index (χ3v) is 8.92. The number of carboxylic acids is 1. The first-order valence-corrected chi connectivity index (χ1v) is 15.6. The third-order valence-electron chi connectivity index (χ3n) is 7.78. The molecule has 2 heterocycles. The van der Waals surface area contributed by atoms with Crippen molar-refractivity contribution in [3.8, 4) is 11.1 Å². The minimum atomic E-state index is -0.991. The number of carbonyl (C=O) groups excluding carboxylic acids is 1. The Balaban J connectivity index is 1.31. The molecular formula is C34H37N3O6S. The van der Waals surface area contributed by atoms with Gasteiger partial charge in [-0.15, -0.1) is 0 Å². The van der Waals surface area contributed by atoms with E-state index in [0.717, 1.165) is 44.3 Å². The third kappa shape index (κ3) is 7.95. The second kappa shape index (κ2) is 14.7. The summed E-state index contributed by atoms with van der Waals surface area (Å²) in [5.41, 5.74) is 5.73. The molecule has 1 saturated heterocycles.